The number of para-hydroxylation sites is 2. The van der Waals surface area contributed by atoms with Gasteiger partial charge in [0, 0.05) is 60.6 Å². The summed E-state index contributed by atoms with van der Waals surface area (Å²) in [6, 6.07) is -7.53. The fraction of sp³-hybridized carbons (Fsp3) is 0.512. The number of carbonyl (C=O) groups is 22. The van der Waals surface area contributed by atoms with Crippen LogP contribution in [0.1, 0.15) is 173 Å². The zero-order valence-corrected chi connectivity index (χ0v) is 74.8. The van der Waals surface area contributed by atoms with E-state index < -0.39 is 292 Å². The van der Waals surface area contributed by atoms with Gasteiger partial charge in [-0.2, -0.15) is 0 Å². The number of aromatic hydroxyl groups is 1. The van der Waals surface area contributed by atoms with Crippen molar-refractivity contribution in [3.8, 4) is 5.75 Å². The van der Waals surface area contributed by atoms with Crippen LogP contribution < -0.4 is 91.2 Å². The number of cyclic esters (lactones) is 1. The zero-order chi connectivity index (χ0) is 99.8. The van der Waals surface area contributed by atoms with Crippen molar-refractivity contribution < 1.29 is 146 Å². The minimum absolute atomic E-state index is 0.0448. The molecule has 3 aromatic carbocycles. The third-order valence-electron chi connectivity index (χ3n) is 20.5. The number of fused-ring (bicyclic) bond motifs is 1. The number of carboxylic acids is 4. The Morgan fingerprint density at radius 3 is 1.69 bits per heavy atom. The number of carbonyl (C=O) groups excluding carboxylic acids is 18. The minimum Gasteiger partial charge on any atom is -0.508 e. The first-order valence-electron chi connectivity index (χ1n) is 43.0. The number of phenolic OH excluding ortho intramolecular Hbond substituents is 1. The van der Waals surface area contributed by atoms with E-state index in [0.717, 1.165) is 52.9 Å². The van der Waals surface area contributed by atoms with Crippen molar-refractivity contribution in [3.05, 3.63) is 95.7 Å². The summed E-state index contributed by atoms with van der Waals surface area (Å²) < 4.78 is 11.1. The third-order valence-corrected chi connectivity index (χ3v) is 20.5. The third kappa shape index (κ3) is 38.3. The van der Waals surface area contributed by atoms with E-state index in [1.165, 1.54) is 69.3 Å². The van der Waals surface area contributed by atoms with Gasteiger partial charge in [0.2, 0.25) is 88.6 Å². The number of aliphatic carboxylic acids is 4. The van der Waals surface area contributed by atoms with E-state index in [1.807, 2.05) is 16.0 Å². The molecule has 14 atom stereocenters. The summed E-state index contributed by atoms with van der Waals surface area (Å²) in [5.74, 6) is -31.9. The van der Waals surface area contributed by atoms with Crippen LogP contribution in [0, 0.1) is 5.92 Å². The lowest BCUT2D eigenvalue weighted by Crippen LogP contribution is -2.62. The molecule has 16 amide bonds. The SMILES string of the molecule is CCCCCCCCCC(=O)NC(Cc1c[nH]c2ccccc12)C(=O)NC(CC(N)=O)C(=O)NC(CC(=O)O)C(=O)NC1C(=O)NCC(=O)NC(CCCNC(=O)C(Cc2ccc(O)cc2)NC(=O)OC(C)(C)C)C(=O)NC(CC(=O)O)C(=O)NC(C)C(=O)NC(CC(=O)O)C(=O)NCC(=O)NC(CO)C(=O)NC(C(C)CC(=O)O)C(=O)NC(CC(=O)c2ccccc2N)C(=O)OC1C. The van der Waals surface area contributed by atoms with Gasteiger partial charge in [0.05, 0.1) is 51.8 Å². The number of aliphatic hydroxyl groups is 1. The Hall–Kier alpha value is -14.9. The highest BCUT2D eigenvalue weighted by molar-refractivity contribution is 6.05. The number of carboxylic acid groups (broad SMARTS) is 4. The number of Topliss-reactive ketones (excluding diaryl/α,β-unsaturated/α-hetero) is 1. The van der Waals surface area contributed by atoms with Gasteiger partial charge < -0.3 is 136 Å². The summed E-state index contributed by atoms with van der Waals surface area (Å²) in [7, 11) is 0. The molecule has 5 rings (SSSR count). The molecule has 0 bridgehead atoms. The maximum atomic E-state index is 15.1. The molecule has 4 aromatic rings. The predicted octanol–water partition coefficient (Wildman–Crippen LogP) is -3.62. The molecule has 0 saturated carbocycles. The van der Waals surface area contributed by atoms with Crippen molar-refractivity contribution in [1.82, 2.24) is 84.7 Å². The van der Waals surface area contributed by atoms with Gasteiger partial charge >= 0.3 is 35.9 Å². The second kappa shape index (κ2) is 54.0. The fourth-order valence-corrected chi connectivity index (χ4v) is 13.6. The fourth-order valence-electron chi connectivity index (χ4n) is 13.6. The maximum Gasteiger partial charge on any atom is 0.408 e. The average Bonchev–Trinajstić information content (AvgIpc) is 1.71. The number of hydrogen-bond donors (Lipinski definition) is 24. The molecule has 1 saturated heterocycles. The van der Waals surface area contributed by atoms with E-state index in [4.69, 9.17) is 20.9 Å². The van der Waals surface area contributed by atoms with E-state index >= 15 is 14.4 Å². The smallest absolute Gasteiger partial charge is 0.408 e. The summed E-state index contributed by atoms with van der Waals surface area (Å²) in [5.41, 5.74) is 11.7. The number of rotatable bonds is 40. The summed E-state index contributed by atoms with van der Waals surface area (Å²) >= 11 is 0. The Morgan fingerprint density at radius 1 is 0.537 bits per heavy atom. The van der Waals surface area contributed by atoms with Gasteiger partial charge in [0.15, 0.2) is 5.78 Å². The topological polar surface area (TPSA) is 764 Å². The Kier molecular flexibility index (Phi) is 44.2. The number of ether oxygens (including phenoxy) is 2. The normalized spacial score (nSPS) is 20.1. The molecule has 0 spiro atoms. The number of nitrogens with two attached hydrogens (primary N) is 2. The summed E-state index contributed by atoms with van der Waals surface area (Å²) in [4.78, 5) is 308. The molecule has 48 nitrogen and oxygen atoms in total. The molecule has 14 unspecified atom stereocenters. The van der Waals surface area contributed by atoms with Gasteiger partial charge in [0.25, 0.3) is 0 Å². The van der Waals surface area contributed by atoms with Crippen LogP contribution in [0.4, 0.5) is 10.5 Å². The van der Waals surface area contributed by atoms with Crippen molar-refractivity contribution in [3.63, 3.8) is 0 Å². The number of amides is 16. The summed E-state index contributed by atoms with van der Waals surface area (Å²) in [6.07, 6.45) is -4.75. The van der Waals surface area contributed by atoms with Crippen molar-refractivity contribution in [1.29, 1.82) is 0 Å². The molecular weight excluding hydrogens is 1770 g/mol. The molecule has 1 aliphatic rings. The molecule has 134 heavy (non-hydrogen) atoms. The van der Waals surface area contributed by atoms with Gasteiger partial charge in [-0.1, -0.05) is 94.8 Å². The van der Waals surface area contributed by atoms with Gasteiger partial charge in [-0.25, -0.2) is 9.59 Å². The number of nitrogen functional groups attached to an aromatic ring is 1. The molecule has 1 aliphatic heterocycles. The number of hydrogen-bond acceptors (Lipinski definition) is 27. The number of aliphatic hydroxyl groups excluding tert-OH is 1. The molecule has 2 heterocycles. The lowest BCUT2D eigenvalue weighted by atomic mass is 9.96. The van der Waals surface area contributed by atoms with Crippen molar-refractivity contribution in [2.75, 3.05) is 32.0 Å². The predicted molar refractivity (Wildman–Crippen MR) is 469 cm³/mol. The van der Waals surface area contributed by atoms with E-state index in [9.17, 15) is 122 Å². The number of unbranched alkanes of at least 4 members (excludes halogenated alkanes) is 6. The van der Waals surface area contributed by atoms with E-state index in [2.05, 4.69) is 75.7 Å². The maximum absolute atomic E-state index is 15.1. The van der Waals surface area contributed by atoms with E-state index in [1.54, 1.807) is 30.5 Å². The number of ketones is 1. The first-order valence-corrected chi connectivity index (χ1v) is 43.0. The zero-order valence-electron chi connectivity index (χ0n) is 74.8. The van der Waals surface area contributed by atoms with Crippen LogP contribution in [0.3, 0.4) is 0 Å². The number of aromatic amines is 1. The minimum atomic E-state index is -2.54. The highest BCUT2D eigenvalue weighted by atomic mass is 16.6. The summed E-state index contributed by atoms with van der Waals surface area (Å²) in [5, 5.41) is 94.3. The number of esters is 1. The van der Waals surface area contributed by atoms with Gasteiger partial charge in [-0.15, -0.1) is 0 Å². The first-order chi connectivity index (χ1) is 63.1. The second-order valence-electron chi connectivity index (χ2n) is 32.8. The Balaban J connectivity index is 1.66. The molecule has 0 radical (unpaired) electrons. The number of aromatic nitrogens is 1. The van der Waals surface area contributed by atoms with Crippen LogP contribution in [0.15, 0.2) is 79.0 Å². The Bertz CT molecular complexity index is 4900. The van der Waals surface area contributed by atoms with Crippen molar-refractivity contribution >= 4 is 147 Å². The molecule has 48 heteroatoms. The quantitative estimate of drug-likeness (QED) is 0.00885. The number of nitrogens with one attached hydrogen (secondary N) is 16. The van der Waals surface area contributed by atoms with Crippen LogP contribution >= 0.6 is 0 Å². The Morgan fingerprint density at radius 2 is 1.08 bits per heavy atom. The van der Waals surface area contributed by atoms with Crippen molar-refractivity contribution in [2.24, 2.45) is 11.7 Å². The first kappa shape index (κ1) is 110. The van der Waals surface area contributed by atoms with Crippen molar-refractivity contribution in [2.45, 2.75) is 248 Å². The van der Waals surface area contributed by atoms with Crippen LogP contribution in [0.5, 0.6) is 5.75 Å². The summed E-state index contributed by atoms with van der Waals surface area (Å²) in [6.45, 7) is 5.17. The molecule has 26 N–H and O–H groups in total. The molecule has 1 fully saturated rings. The number of alkyl carbamates (subject to hydrolysis) is 1. The Labute approximate surface area is 767 Å². The highest BCUT2D eigenvalue weighted by Gasteiger charge is 2.42. The monoisotopic (exact) mass is 1880 g/mol. The molecule has 0 aliphatic carbocycles. The van der Waals surface area contributed by atoms with Crippen LogP contribution in [-0.4, -0.2) is 276 Å². The number of benzene rings is 3. The lowest BCUT2D eigenvalue weighted by Gasteiger charge is -2.30. The van der Waals surface area contributed by atoms with Crippen LogP contribution in [-0.2, 0) is 118 Å². The largest absolute Gasteiger partial charge is 0.508 e. The number of phenols is 1. The number of anilines is 1. The average molecular weight is 1880 g/mol. The van der Waals surface area contributed by atoms with Gasteiger partial charge in [-0.3, -0.25) is 95.9 Å². The molecular formula is C86H118N18O30. The molecule has 732 valence electrons. The van der Waals surface area contributed by atoms with Crippen LogP contribution in [0.25, 0.3) is 10.9 Å². The molecule has 1 aromatic heterocycles. The van der Waals surface area contributed by atoms with Crippen LogP contribution in [0.2, 0.25) is 0 Å². The van der Waals surface area contributed by atoms with E-state index in [-0.39, 0.29) is 42.7 Å². The number of H-pyrrole nitrogens is 1. The standard InChI is InChI=1S/C86H118N18O30/c1-8-9-10-11-12-13-14-25-64(109)95-55(33-47-39-90-52-23-18-16-20-49(47)52)78(125)98-56(35-63(88)108)79(126)100-59(38-70(118)119)80(127)104-72-45(4)133-84(131)60(34-62(107)50-21-15-17-22-51(50)87)101-83(130)71(43(2)31-67(112)113)103-81(128)61(42-105)96-66(111)40-91-75(122)57(36-68(114)115)97-73(120)44(3)93-77(124)58(37-69(116)117)99-76(123)53(94-65(110)41-92-82(72)129)24-19-30-89-74(121)54(102-85(132)134-86(5,6)7)32-46-26-28-48(106)29-27-46/h15-18,20-23,26-29,39,43-45,53-61,71-72,90,105-106H,8-14,19,24-25,30-38,40-42,87H2,1-7H3,(H2,88,108)(H,89,121)(H,91,122)(H,92,129)(H,93,124)(H,94,110)(H,95,109)(H,96,111)(H,97,120)(H,98,125)(H,99,123)(H,100,126)(H,101,130)(H,102,132)(H,103,128)(H,104,127)(H,112,113)(H,114,115)(H,116,117)(H,118,119). The highest BCUT2D eigenvalue weighted by Crippen LogP contribution is 2.23. The van der Waals surface area contributed by atoms with Gasteiger partial charge in [0.1, 0.15) is 90.0 Å². The van der Waals surface area contributed by atoms with Gasteiger partial charge in [-0.05, 0) is 101 Å². The van der Waals surface area contributed by atoms with E-state index in [0.29, 0.717) is 34.9 Å². The lowest BCUT2D eigenvalue weighted by molar-refractivity contribution is -0.156. The number of primary amides is 1. The second-order valence-corrected chi connectivity index (χ2v) is 32.8.